The van der Waals surface area contributed by atoms with E-state index in [0.717, 1.165) is 11.6 Å². The van der Waals surface area contributed by atoms with E-state index in [4.69, 9.17) is 4.74 Å². The molecule has 0 fully saturated rings. The molecule has 0 spiro atoms. The summed E-state index contributed by atoms with van der Waals surface area (Å²) in [5.41, 5.74) is 1.52. The monoisotopic (exact) mass is 659 g/mol. The second-order valence-electron chi connectivity index (χ2n) is 12.7. The topological polar surface area (TPSA) is 137 Å². The quantitative estimate of drug-likeness (QED) is 0.336. The number of nitrogens with zero attached hydrogens (tertiary/aromatic N) is 2. The number of ether oxygens (including phenoxy) is 1. The van der Waals surface area contributed by atoms with Crippen LogP contribution < -0.4 is 20.7 Å². The van der Waals surface area contributed by atoms with Gasteiger partial charge in [-0.3, -0.25) is 24.0 Å². The highest BCUT2D eigenvalue weighted by Gasteiger charge is 2.28. The molecule has 12 heteroatoms. The van der Waals surface area contributed by atoms with E-state index in [-0.39, 0.29) is 55.8 Å². The van der Waals surface area contributed by atoms with E-state index in [1.807, 2.05) is 26.0 Å². The standard InChI is InChI=1S/C36H42FN5O6/c1-36(2)20-32(44)41(3)16-15-24-5-10-27(11-6-24)40-31(43)23-39-35(47)29-19-25(7-14-30(29)37)22-38-34(46)26-8-12-28(13-9-26)48-18-17-42(4)33(45)21-36/h5-14,19H,15-18,20-23H2,1-4H3,(H,38,46)(H,39,47)(H,40,43). The fourth-order valence-electron chi connectivity index (χ4n) is 5.06. The number of anilines is 1. The maximum atomic E-state index is 14.5. The molecule has 11 nitrogen and oxygen atoms in total. The maximum absolute atomic E-state index is 14.5. The molecule has 4 aliphatic heterocycles. The molecule has 0 saturated heterocycles. The third kappa shape index (κ3) is 10.4. The molecule has 5 amide bonds. The molecule has 7 rings (SSSR count). The molecule has 0 aromatic heterocycles. The van der Waals surface area contributed by atoms with Crippen LogP contribution in [0.1, 0.15) is 58.5 Å². The van der Waals surface area contributed by atoms with Crippen LogP contribution in [0.15, 0.2) is 66.7 Å². The molecule has 0 saturated carbocycles. The van der Waals surface area contributed by atoms with Crippen molar-refractivity contribution in [3.8, 4) is 5.75 Å². The van der Waals surface area contributed by atoms with Gasteiger partial charge in [0.15, 0.2) is 0 Å². The molecule has 0 atom stereocenters. The first-order chi connectivity index (χ1) is 22.8. The number of carbonyl (C=O) groups excluding carboxylic acids is 5. The summed E-state index contributed by atoms with van der Waals surface area (Å²) in [5.74, 6) is -2.04. The number of hydrogen-bond acceptors (Lipinski definition) is 6. The van der Waals surface area contributed by atoms with Crippen molar-refractivity contribution in [3.63, 3.8) is 0 Å². The third-order valence-electron chi connectivity index (χ3n) is 8.03. The Morgan fingerprint density at radius 1 is 0.729 bits per heavy atom. The SMILES string of the molecule is CN1CCOc2ccc(cc2)C(=O)NCc2ccc(F)c(c2)C(=O)NCC(=O)Nc2ccc(cc2)CCN(C)C(=O)CC(C)(C)CC1=O. The minimum atomic E-state index is -0.769. The van der Waals surface area contributed by atoms with Gasteiger partial charge in [-0.1, -0.05) is 32.0 Å². The normalized spacial score (nSPS) is 17.6. The number of amides is 5. The predicted octanol–water partition coefficient (Wildman–Crippen LogP) is 3.78. The van der Waals surface area contributed by atoms with Crippen molar-refractivity contribution in [2.75, 3.05) is 45.7 Å². The van der Waals surface area contributed by atoms with E-state index in [0.29, 0.717) is 42.1 Å². The van der Waals surface area contributed by atoms with Crippen molar-refractivity contribution in [2.45, 2.75) is 39.7 Å². The van der Waals surface area contributed by atoms with Gasteiger partial charge in [0.1, 0.15) is 18.2 Å². The molecule has 3 N–H and O–H groups in total. The summed E-state index contributed by atoms with van der Waals surface area (Å²) in [7, 11) is 3.43. The Labute approximate surface area is 279 Å². The van der Waals surface area contributed by atoms with Gasteiger partial charge >= 0.3 is 0 Å². The van der Waals surface area contributed by atoms with E-state index in [2.05, 4.69) is 16.0 Å². The van der Waals surface area contributed by atoms with Crippen LogP contribution in [0.5, 0.6) is 5.75 Å². The van der Waals surface area contributed by atoms with Crippen LogP contribution >= 0.6 is 0 Å². The fourth-order valence-corrected chi connectivity index (χ4v) is 5.06. The van der Waals surface area contributed by atoms with Crippen LogP contribution in [0.2, 0.25) is 0 Å². The van der Waals surface area contributed by atoms with Crippen molar-refractivity contribution in [1.82, 2.24) is 20.4 Å². The first kappa shape index (κ1) is 35.6. The molecular weight excluding hydrogens is 617 g/mol. The summed E-state index contributed by atoms with van der Waals surface area (Å²) in [6, 6.07) is 17.5. The Bertz CT molecular complexity index is 1640. The molecular formula is C36H42FN5O6. The van der Waals surface area contributed by atoms with Gasteiger partial charge in [0.25, 0.3) is 11.8 Å². The van der Waals surface area contributed by atoms with Gasteiger partial charge in [-0.2, -0.15) is 0 Å². The van der Waals surface area contributed by atoms with Crippen molar-refractivity contribution in [2.24, 2.45) is 5.41 Å². The van der Waals surface area contributed by atoms with E-state index >= 15 is 0 Å². The summed E-state index contributed by atoms with van der Waals surface area (Å²) in [5, 5.41) is 7.88. The van der Waals surface area contributed by atoms with Crippen molar-refractivity contribution >= 4 is 35.2 Å². The molecule has 3 aromatic carbocycles. The first-order valence-electron chi connectivity index (χ1n) is 15.7. The highest BCUT2D eigenvalue weighted by atomic mass is 19.1. The second-order valence-corrected chi connectivity index (χ2v) is 12.7. The number of hydrogen-bond donors (Lipinski definition) is 3. The largest absolute Gasteiger partial charge is 0.492 e. The molecule has 0 unspecified atom stereocenters. The van der Waals surface area contributed by atoms with Crippen LogP contribution in [0.25, 0.3) is 0 Å². The van der Waals surface area contributed by atoms with Crippen LogP contribution in [-0.4, -0.2) is 79.7 Å². The Morgan fingerprint density at radius 2 is 1.33 bits per heavy atom. The highest BCUT2D eigenvalue weighted by molar-refractivity contribution is 5.99. The zero-order chi connectivity index (χ0) is 34.8. The van der Waals surface area contributed by atoms with E-state index < -0.39 is 23.0 Å². The lowest BCUT2D eigenvalue weighted by Crippen LogP contribution is -2.37. The number of benzene rings is 3. The summed E-state index contributed by atoms with van der Waals surface area (Å²) < 4.78 is 20.3. The Balaban J connectivity index is 1.47. The number of halogens is 1. The number of carbonyl (C=O) groups is 5. The molecule has 0 aliphatic carbocycles. The van der Waals surface area contributed by atoms with E-state index in [1.165, 1.54) is 12.1 Å². The molecule has 6 bridgehead atoms. The molecule has 48 heavy (non-hydrogen) atoms. The summed E-state index contributed by atoms with van der Waals surface area (Å²) in [4.78, 5) is 67.1. The zero-order valence-electron chi connectivity index (χ0n) is 27.7. The number of nitrogens with one attached hydrogen (secondary N) is 3. The van der Waals surface area contributed by atoms with Gasteiger partial charge in [-0.05, 0) is 71.5 Å². The fraction of sp³-hybridized carbons (Fsp3) is 0.361. The van der Waals surface area contributed by atoms with E-state index in [9.17, 15) is 28.4 Å². The van der Waals surface area contributed by atoms with Crippen LogP contribution in [0.4, 0.5) is 10.1 Å². The van der Waals surface area contributed by atoms with Crippen LogP contribution in [-0.2, 0) is 27.3 Å². The van der Waals surface area contributed by atoms with Gasteiger partial charge in [-0.25, -0.2) is 4.39 Å². The smallest absolute Gasteiger partial charge is 0.254 e. The van der Waals surface area contributed by atoms with Crippen LogP contribution in [0, 0.1) is 11.2 Å². The molecule has 254 valence electrons. The lowest BCUT2D eigenvalue weighted by Gasteiger charge is -2.28. The minimum absolute atomic E-state index is 0.0374. The Kier molecular flexibility index (Phi) is 11.9. The third-order valence-corrected chi connectivity index (χ3v) is 8.03. The van der Waals surface area contributed by atoms with Gasteiger partial charge in [0, 0.05) is 51.3 Å². The second kappa shape index (κ2) is 16.0. The number of likely N-dealkylation sites (N-methyl/N-ethyl adjacent to an activating group) is 2. The Morgan fingerprint density at radius 3 is 2.00 bits per heavy atom. The molecule has 4 aliphatic rings. The lowest BCUT2D eigenvalue weighted by molar-refractivity contribution is -0.135. The number of rotatable bonds is 0. The molecule has 0 radical (unpaired) electrons. The molecule has 3 aromatic rings. The van der Waals surface area contributed by atoms with Crippen molar-refractivity contribution < 1.29 is 33.1 Å². The highest BCUT2D eigenvalue weighted by Crippen LogP contribution is 2.27. The average Bonchev–Trinajstić information content (AvgIpc) is 3.05. The average molecular weight is 660 g/mol. The van der Waals surface area contributed by atoms with Gasteiger partial charge in [-0.15, -0.1) is 0 Å². The van der Waals surface area contributed by atoms with Crippen molar-refractivity contribution in [1.29, 1.82) is 0 Å². The molecule has 4 heterocycles. The minimum Gasteiger partial charge on any atom is -0.492 e. The maximum Gasteiger partial charge on any atom is 0.254 e. The van der Waals surface area contributed by atoms with Gasteiger partial charge < -0.3 is 30.5 Å². The summed E-state index contributed by atoms with van der Waals surface area (Å²) in [6.07, 6.45) is 0.994. The lowest BCUT2D eigenvalue weighted by atomic mass is 9.84. The first-order valence-corrected chi connectivity index (χ1v) is 15.7. The summed E-state index contributed by atoms with van der Waals surface area (Å²) >= 11 is 0. The Hall–Kier alpha value is -5.26. The predicted molar refractivity (Wildman–Crippen MR) is 179 cm³/mol. The van der Waals surface area contributed by atoms with Crippen LogP contribution in [0.3, 0.4) is 0 Å². The van der Waals surface area contributed by atoms with E-state index in [1.54, 1.807) is 60.3 Å². The van der Waals surface area contributed by atoms with Crippen molar-refractivity contribution in [3.05, 3.63) is 94.8 Å². The van der Waals surface area contributed by atoms with Gasteiger partial charge in [0.05, 0.1) is 18.7 Å². The summed E-state index contributed by atoms with van der Waals surface area (Å²) in [6.45, 7) is 4.50. The zero-order valence-corrected chi connectivity index (χ0v) is 27.7. The van der Waals surface area contributed by atoms with Gasteiger partial charge in [0.2, 0.25) is 17.7 Å².